The van der Waals surface area contributed by atoms with Gasteiger partial charge in [0.1, 0.15) is 5.00 Å². The van der Waals surface area contributed by atoms with Crippen LogP contribution in [0.2, 0.25) is 0 Å². The molecule has 34 heavy (non-hydrogen) atoms. The molecule has 1 saturated heterocycles. The van der Waals surface area contributed by atoms with Crippen LogP contribution in [-0.4, -0.2) is 63.7 Å². The molecule has 0 radical (unpaired) electrons. The van der Waals surface area contributed by atoms with Crippen molar-refractivity contribution in [1.82, 2.24) is 4.90 Å². The van der Waals surface area contributed by atoms with E-state index in [0.29, 0.717) is 40.8 Å². The molecule has 1 aromatic carbocycles. The number of carbonyl (C=O) groups is 3. The molecule has 0 atom stereocenters. The zero-order valence-corrected chi connectivity index (χ0v) is 20.9. The second-order valence-corrected chi connectivity index (χ2v) is 8.72. The van der Waals surface area contributed by atoms with E-state index in [-0.39, 0.29) is 28.6 Å². The summed E-state index contributed by atoms with van der Waals surface area (Å²) in [7, 11) is 4.39. The summed E-state index contributed by atoms with van der Waals surface area (Å²) in [4.78, 5) is 41.3. The van der Waals surface area contributed by atoms with Gasteiger partial charge in [0.2, 0.25) is 5.75 Å². The Morgan fingerprint density at radius 2 is 1.62 bits per heavy atom. The van der Waals surface area contributed by atoms with Crippen LogP contribution in [0.1, 0.15) is 62.1 Å². The summed E-state index contributed by atoms with van der Waals surface area (Å²) in [5, 5.41) is 3.04. The molecule has 3 rings (SSSR count). The average Bonchev–Trinajstić information content (AvgIpc) is 3.18. The number of benzene rings is 1. The fraction of sp³-hybridized carbons (Fsp3) is 0.458. The summed E-state index contributed by atoms with van der Waals surface area (Å²) >= 11 is 1.08. The van der Waals surface area contributed by atoms with Gasteiger partial charge in [-0.25, -0.2) is 4.79 Å². The van der Waals surface area contributed by atoms with Crippen molar-refractivity contribution in [2.24, 2.45) is 0 Å². The van der Waals surface area contributed by atoms with E-state index < -0.39 is 11.9 Å². The van der Waals surface area contributed by atoms with Crippen molar-refractivity contribution in [2.45, 2.75) is 33.1 Å². The maximum Gasteiger partial charge on any atom is 0.341 e. The highest BCUT2D eigenvalue weighted by molar-refractivity contribution is 7.18. The lowest BCUT2D eigenvalue weighted by atomic mass is 10.1. The lowest BCUT2D eigenvalue weighted by Gasteiger charge is -2.26. The van der Waals surface area contributed by atoms with Crippen molar-refractivity contribution in [1.29, 1.82) is 0 Å². The molecule has 0 unspecified atom stereocenters. The number of nitrogens with zero attached hydrogens (tertiary/aromatic N) is 1. The molecule has 1 aliphatic rings. The van der Waals surface area contributed by atoms with Crippen LogP contribution in [0, 0.1) is 6.92 Å². The minimum absolute atomic E-state index is 0.138. The van der Waals surface area contributed by atoms with Crippen molar-refractivity contribution in [3.05, 3.63) is 33.7 Å². The molecular weight excluding hydrogens is 460 g/mol. The number of hydrogen-bond donors (Lipinski definition) is 1. The van der Waals surface area contributed by atoms with Crippen LogP contribution in [0.15, 0.2) is 12.1 Å². The Kier molecular flexibility index (Phi) is 8.38. The second-order valence-electron chi connectivity index (χ2n) is 7.70. The van der Waals surface area contributed by atoms with Crippen LogP contribution < -0.4 is 19.5 Å². The number of esters is 1. The monoisotopic (exact) mass is 490 g/mol. The highest BCUT2D eigenvalue weighted by Gasteiger charge is 2.30. The van der Waals surface area contributed by atoms with Crippen LogP contribution in [0.5, 0.6) is 17.2 Å². The number of nitrogens with one attached hydrogen (secondary N) is 1. The van der Waals surface area contributed by atoms with E-state index >= 15 is 0 Å². The lowest BCUT2D eigenvalue weighted by Crippen LogP contribution is -2.35. The molecule has 1 N–H and O–H groups in total. The number of rotatable bonds is 8. The van der Waals surface area contributed by atoms with Crippen LogP contribution in [0.25, 0.3) is 0 Å². The Labute approximate surface area is 202 Å². The van der Waals surface area contributed by atoms with Crippen LogP contribution in [0.3, 0.4) is 0 Å². The van der Waals surface area contributed by atoms with Crippen LogP contribution in [0.4, 0.5) is 5.00 Å². The predicted octanol–water partition coefficient (Wildman–Crippen LogP) is 4.14. The number of likely N-dealkylation sites (tertiary alicyclic amines) is 1. The number of ether oxygens (including phenoxy) is 4. The SMILES string of the molecule is CCOC(=O)c1c(NC(=O)c2cc(OC)c(OC)c(OC)c2)sc(C(=O)N2CCCCC2)c1C. The molecule has 9 nitrogen and oxygen atoms in total. The van der Waals surface area contributed by atoms with E-state index in [9.17, 15) is 14.4 Å². The standard InChI is InChI=1S/C24H30N2O7S/c1-6-33-24(29)18-14(2)20(23(28)26-10-8-7-9-11-26)34-22(18)25-21(27)15-12-16(30-3)19(32-5)17(13-15)31-4/h12-13H,6-11H2,1-5H3,(H,25,27). The number of methoxy groups -OCH3 is 3. The van der Waals surface area contributed by atoms with E-state index in [1.165, 1.54) is 33.5 Å². The maximum atomic E-state index is 13.2. The zero-order chi connectivity index (χ0) is 24.8. The normalized spacial score (nSPS) is 13.3. The summed E-state index contributed by atoms with van der Waals surface area (Å²) in [5.41, 5.74) is 0.923. The summed E-state index contributed by atoms with van der Waals surface area (Å²) < 4.78 is 21.2. The first-order valence-corrected chi connectivity index (χ1v) is 11.9. The third-order valence-corrected chi connectivity index (χ3v) is 6.81. The Morgan fingerprint density at radius 1 is 1.00 bits per heavy atom. The van der Waals surface area contributed by atoms with Crippen molar-refractivity contribution >= 4 is 34.1 Å². The van der Waals surface area contributed by atoms with E-state index in [2.05, 4.69) is 5.32 Å². The fourth-order valence-corrected chi connectivity index (χ4v) is 5.04. The van der Waals surface area contributed by atoms with Crippen molar-refractivity contribution in [3.8, 4) is 17.2 Å². The molecule has 0 spiro atoms. The van der Waals surface area contributed by atoms with E-state index in [1.807, 2.05) is 0 Å². The molecule has 10 heteroatoms. The van der Waals surface area contributed by atoms with E-state index in [1.54, 1.807) is 18.7 Å². The van der Waals surface area contributed by atoms with Gasteiger partial charge >= 0.3 is 5.97 Å². The quantitative estimate of drug-likeness (QED) is 0.555. The molecule has 1 aromatic heterocycles. The maximum absolute atomic E-state index is 13.2. The first-order chi connectivity index (χ1) is 16.4. The van der Waals surface area contributed by atoms with Crippen LogP contribution >= 0.6 is 11.3 Å². The van der Waals surface area contributed by atoms with Gasteiger partial charge in [-0.3, -0.25) is 9.59 Å². The topological polar surface area (TPSA) is 103 Å². The molecule has 0 aliphatic carbocycles. The zero-order valence-electron chi connectivity index (χ0n) is 20.1. The Morgan fingerprint density at radius 3 is 2.15 bits per heavy atom. The number of piperidine rings is 1. The number of carbonyl (C=O) groups excluding carboxylic acids is 3. The highest BCUT2D eigenvalue weighted by Crippen LogP contribution is 2.39. The molecule has 2 amide bonds. The Balaban J connectivity index is 1.99. The predicted molar refractivity (Wildman–Crippen MR) is 129 cm³/mol. The summed E-state index contributed by atoms with van der Waals surface area (Å²) in [6.07, 6.45) is 2.99. The summed E-state index contributed by atoms with van der Waals surface area (Å²) in [5.74, 6) is -0.227. The van der Waals surface area contributed by atoms with Gasteiger partial charge in [-0.2, -0.15) is 0 Å². The lowest BCUT2D eigenvalue weighted by molar-refractivity contribution is 0.0527. The average molecular weight is 491 g/mol. The molecular formula is C24H30N2O7S. The largest absolute Gasteiger partial charge is 0.493 e. The van der Waals surface area contributed by atoms with E-state index in [0.717, 1.165) is 30.6 Å². The van der Waals surface area contributed by atoms with Gasteiger partial charge in [-0.15, -0.1) is 11.3 Å². The second kappa shape index (κ2) is 11.2. The molecule has 0 bridgehead atoms. The first kappa shape index (κ1) is 25.4. The molecule has 2 aromatic rings. The number of amides is 2. The molecule has 2 heterocycles. The number of anilines is 1. The minimum atomic E-state index is -0.589. The van der Waals surface area contributed by atoms with Gasteiger partial charge in [-0.1, -0.05) is 0 Å². The Bertz CT molecular complexity index is 1050. The molecule has 1 fully saturated rings. The fourth-order valence-electron chi connectivity index (χ4n) is 3.88. The van der Waals surface area contributed by atoms with Crippen molar-refractivity contribution in [2.75, 3.05) is 46.3 Å². The molecule has 184 valence electrons. The first-order valence-electron chi connectivity index (χ1n) is 11.1. The molecule has 1 aliphatic heterocycles. The van der Waals surface area contributed by atoms with Crippen molar-refractivity contribution < 1.29 is 33.3 Å². The summed E-state index contributed by atoms with van der Waals surface area (Å²) in [6, 6.07) is 3.03. The van der Waals surface area contributed by atoms with Gasteiger partial charge in [0.15, 0.2) is 11.5 Å². The minimum Gasteiger partial charge on any atom is -0.493 e. The third-order valence-electron chi connectivity index (χ3n) is 5.62. The van der Waals surface area contributed by atoms with Gasteiger partial charge in [0.05, 0.1) is 38.4 Å². The van der Waals surface area contributed by atoms with Gasteiger partial charge in [-0.05, 0) is 50.8 Å². The molecule has 0 saturated carbocycles. The summed E-state index contributed by atoms with van der Waals surface area (Å²) in [6.45, 7) is 4.93. The Hall–Kier alpha value is -3.27. The van der Waals surface area contributed by atoms with Crippen LogP contribution in [-0.2, 0) is 4.74 Å². The highest BCUT2D eigenvalue weighted by atomic mass is 32.1. The third kappa shape index (κ3) is 5.11. The van der Waals surface area contributed by atoms with Crippen molar-refractivity contribution in [3.63, 3.8) is 0 Å². The van der Waals surface area contributed by atoms with E-state index in [4.69, 9.17) is 18.9 Å². The van der Waals surface area contributed by atoms with Gasteiger partial charge < -0.3 is 29.2 Å². The van der Waals surface area contributed by atoms with Gasteiger partial charge in [0.25, 0.3) is 11.8 Å². The number of thiophene rings is 1. The smallest absolute Gasteiger partial charge is 0.341 e. The number of hydrogen-bond acceptors (Lipinski definition) is 8. The van der Waals surface area contributed by atoms with Gasteiger partial charge in [0, 0.05) is 18.7 Å².